The van der Waals surface area contributed by atoms with E-state index >= 15 is 0 Å². The molecule has 8 heteroatoms. The van der Waals surface area contributed by atoms with Crippen LogP contribution in [0.15, 0.2) is 82.2 Å². The number of benzene rings is 3. The molecule has 1 amide bonds. The summed E-state index contributed by atoms with van der Waals surface area (Å²) >= 11 is 3.41. The number of ether oxygens (including phenoxy) is 1. The Morgan fingerprint density at radius 3 is 2.59 bits per heavy atom. The number of hydrogen-bond donors (Lipinski definition) is 1. The summed E-state index contributed by atoms with van der Waals surface area (Å²) in [6, 6.07) is 23.9. The number of rotatable bonds is 7. The second-order valence-corrected chi connectivity index (χ2v) is 10.1. The van der Waals surface area contributed by atoms with Gasteiger partial charge in [0.25, 0.3) is 5.91 Å². The fraction of sp³-hybridized carbons (Fsp3) is 0.192. The van der Waals surface area contributed by atoms with Gasteiger partial charge in [-0.05, 0) is 47.5 Å². The topological polar surface area (TPSA) is 66.8 Å². The van der Waals surface area contributed by atoms with Crippen molar-refractivity contribution in [2.24, 2.45) is 5.10 Å². The summed E-state index contributed by atoms with van der Waals surface area (Å²) in [6.07, 6.45) is 1.66. The van der Waals surface area contributed by atoms with Crippen LogP contribution in [0, 0.1) is 0 Å². The number of para-hydroxylation sites is 1. The second-order valence-electron chi connectivity index (χ2n) is 7.82. The summed E-state index contributed by atoms with van der Waals surface area (Å²) in [4.78, 5) is 19.4. The molecule has 3 aromatic carbocycles. The van der Waals surface area contributed by atoms with Gasteiger partial charge >= 0.3 is 0 Å². The average Bonchev–Trinajstić information content (AvgIpc) is 3.32. The standard InChI is InChI=1S/C26H24N4O2S2/c31-25(29-27-17-19-7-11-22(12-8-19)30-13-15-32-16-14-30)21-9-5-20(6-10-21)18-33-26-28-23-3-1-2-4-24(23)34-26/h1-12,17H,13-16,18H2,(H,29,31)/b27-17+. The molecule has 0 atom stereocenters. The number of carbonyl (C=O) groups excluding carboxylic acids is 1. The van der Waals surface area contributed by atoms with Crippen molar-refractivity contribution in [3.63, 3.8) is 0 Å². The fourth-order valence-corrected chi connectivity index (χ4v) is 5.66. The molecule has 1 aromatic heterocycles. The van der Waals surface area contributed by atoms with Crippen molar-refractivity contribution < 1.29 is 9.53 Å². The number of anilines is 1. The molecule has 6 nitrogen and oxygen atoms in total. The zero-order chi connectivity index (χ0) is 23.2. The van der Waals surface area contributed by atoms with Crippen LogP contribution in [0.5, 0.6) is 0 Å². The number of nitrogens with one attached hydrogen (secondary N) is 1. The third-order valence-electron chi connectivity index (χ3n) is 5.50. The van der Waals surface area contributed by atoms with Crippen molar-refractivity contribution in [2.45, 2.75) is 10.1 Å². The smallest absolute Gasteiger partial charge is 0.271 e. The summed E-state index contributed by atoms with van der Waals surface area (Å²) in [5.74, 6) is 0.576. The maximum absolute atomic E-state index is 12.4. The molecule has 1 aliphatic rings. The van der Waals surface area contributed by atoms with Crippen LogP contribution in [-0.2, 0) is 10.5 Å². The Morgan fingerprint density at radius 1 is 1.06 bits per heavy atom. The number of thioether (sulfide) groups is 1. The van der Waals surface area contributed by atoms with E-state index in [1.807, 2.05) is 54.6 Å². The molecule has 0 radical (unpaired) electrons. The molecule has 0 spiro atoms. The van der Waals surface area contributed by atoms with Gasteiger partial charge in [0.2, 0.25) is 0 Å². The van der Waals surface area contributed by atoms with Gasteiger partial charge in [0.15, 0.2) is 4.34 Å². The quantitative estimate of drug-likeness (QED) is 0.220. The monoisotopic (exact) mass is 488 g/mol. The molecular formula is C26H24N4O2S2. The Morgan fingerprint density at radius 2 is 1.82 bits per heavy atom. The van der Waals surface area contributed by atoms with Gasteiger partial charge in [-0.3, -0.25) is 4.79 Å². The molecular weight excluding hydrogens is 464 g/mol. The fourth-order valence-electron chi connectivity index (χ4n) is 3.63. The van der Waals surface area contributed by atoms with Gasteiger partial charge in [0.1, 0.15) is 0 Å². The van der Waals surface area contributed by atoms with Crippen LogP contribution in [0.25, 0.3) is 10.2 Å². The first-order chi connectivity index (χ1) is 16.7. The summed E-state index contributed by atoms with van der Waals surface area (Å²) in [5.41, 5.74) is 7.47. The molecule has 1 fully saturated rings. The molecule has 172 valence electrons. The molecule has 5 rings (SSSR count). The first kappa shape index (κ1) is 22.6. The van der Waals surface area contributed by atoms with Gasteiger partial charge in [-0.15, -0.1) is 11.3 Å². The SMILES string of the molecule is O=C(N/N=C/c1ccc(N2CCOCC2)cc1)c1ccc(CSc2nc3ccccc3s2)cc1. The van der Waals surface area contributed by atoms with Gasteiger partial charge in [-0.1, -0.05) is 48.2 Å². The van der Waals surface area contributed by atoms with Crippen LogP contribution in [0.4, 0.5) is 5.69 Å². The van der Waals surface area contributed by atoms with Crippen molar-refractivity contribution >= 4 is 51.1 Å². The highest BCUT2D eigenvalue weighted by atomic mass is 32.2. The highest BCUT2D eigenvalue weighted by molar-refractivity contribution is 8.00. The lowest BCUT2D eigenvalue weighted by molar-refractivity contribution is 0.0955. The number of nitrogens with zero attached hydrogens (tertiary/aromatic N) is 3. The molecule has 0 unspecified atom stereocenters. The Labute approximate surface area is 206 Å². The van der Waals surface area contributed by atoms with Crippen LogP contribution in [0.1, 0.15) is 21.5 Å². The molecule has 1 saturated heterocycles. The van der Waals surface area contributed by atoms with E-state index in [1.165, 1.54) is 10.4 Å². The van der Waals surface area contributed by atoms with Crippen LogP contribution in [0.2, 0.25) is 0 Å². The molecule has 0 bridgehead atoms. The third kappa shape index (κ3) is 5.64. The first-order valence-corrected chi connectivity index (χ1v) is 12.9. The van der Waals surface area contributed by atoms with E-state index in [4.69, 9.17) is 4.74 Å². The summed E-state index contributed by atoms with van der Waals surface area (Å²) in [5, 5.41) is 4.11. The van der Waals surface area contributed by atoms with Crippen LogP contribution in [0.3, 0.4) is 0 Å². The number of aromatic nitrogens is 1. The lowest BCUT2D eigenvalue weighted by Gasteiger charge is -2.28. The van der Waals surface area contributed by atoms with Crippen molar-refractivity contribution in [3.05, 3.63) is 89.5 Å². The summed E-state index contributed by atoms with van der Waals surface area (Å²) in [6.45, 7) is 3.34. The van der Waals surface area contributed by atoms with E-state index < -0.39 is 0 Å². The minimum absolute atomic E-state index is 0.230. The number of fused-ring (bicyclic) bond motifs is 1. The zero-order valence-electron chi connectivity index (χ0n) is 18.5. The van der Waals surface area contributed by atoms with Crippen molar-refractivity contribution in [1.29, 1.82) is 0 Å². The molecule has 1 aliphatic heterocycles. The van der Waals surface area contributed by atoms with Gasteiger partial charge in [0, 0.05) is 30.1 Å². The molecule has 1 N–H and O–H groups in total. The van der Waals surface area contributed by atoms with E-state index in [1.54, 1.807) is 29.3 Å². The molecule has 0 saturated carbocycles. The molecule has 34 heavy (non-hydrogen) atoms. The van der Waals surface area contributed by atoms with Crippen LogP contribution in [-0.4, -0.2) is 43.4 Å². The van der Waals surface area contributed by atoms with Crippen molar-refractivity contribution in [3.8, 4) is 0 Å². The van der Waals surface area contributed by atoms with E-state index in [-0.39, 0.29) is 5.91 Å². The highest BCUT2D eigenvalue weighted by Crippen LogP contribution is 2.31. The number of morpholine rings is 1. The van der Waals surface area contributed by atoms with E-state index in [9.17, 15) is 4.79 Å². The Bertz CT molecular complexity index is 1250. The average molecular weight is 489 g/mol. The van der Waals surface area contributed by atoms with Gasteiger partial charge < -0.3 is 9.64 Å². The van der Waals surface area contributed by atoms with Gasteiger partial charge in [-0.2, -0.15) is 5.10 Å². The highest BCUT2D eigenvalue weighted by Gasteiger charge is 2.10. The predicted octanol–water partition coefficient (Wildman–Crippen LogP) is 5.19. The molecule has 0 aliphatic carbocycles. The predicted molar refractivity (Wildman–Crippen MR) is 140 cm³/mol. The minimum Gasteiger partial charge on any atom is -0.378 e. The Kier molecular flexibility index (Phi) is 7.19. The lowest BCUT2D eigenvalue weighted by Crippen LogP contribution is -2.36. The molecule has 4 aromatic rings. The molecule has 2 heterocycles. The number of thiazole rings is 1. The van der Waals surface area contributed by atoms with Crippen molar-refractivity contribution in [1.82, 2.24) is 10.4 Å². The van der Waals surface area contributed by atoms with Gasteiger partial charge in [0.05, 0.1) is 29.6 Å². The minimum atomic E-state index is -0.230. The first-order valence-electron chi connectivity index (χ1n) is 11.1. The van der Waals surface area contributed by atoms with Crippen LogP contribution < -0.4 is 10.3 Å². The Balaban J connectivity index is 1.11. The van der Waals surface area contributed by atoms with Crippen LogP contribution >= 0.6 is 23.1 Å². The van der Waals surface area contributed by atoms with Gasteiger partial charge in [-0.25, -0.2) is 10.4 Å². The number of amides is 1. The van der Waals surface area contributed by atoms with E-state index in [2.05, 4.69) is 38.6 Å². The normalized spacial score (nSPS) is 14.1. The number of carbonyl (C=O) groups is 1. The Hall–Kier alpha value is -3.20. The third-order valence-corrected chi connectivity index (χ3v) is 7.75. The number of hydrogen-bond acceptors (Lipinski definition) is 7. The van der Waals surface area contributed by atoms with E-state index in [0.717, 1.165) is 53.0 Å². The lowest BCUT2D eigenvalue weighted by atomic mass is 10.1. The summed E-state index contributed by atoms with van der Waals surface area (Å²) < 4.78 is 7.65. The van der Waals surface area contributed by atoms with E-state index in [0.29, 0.717) is 5.56 Å². The summed E-state index contributed by atoms with van der Waals surface area (Å²) in [7, 11) is 0. The maximum atomic E-state index is 12.4. The second kappa shape index (κ2) is 10.8. The zero-order valence-corrected chi connectivity index (χ0v) is 20.1. The number of hydrazone groups is 1. The van der Waals surface area contributed by atoms with Crippen molar-refractivity contribution in [2.75, 3.05) is 31.2 Å². The largest absolute Gasteiger partial charge is 0.378 e. The maximum Gasteiger partial charge on any atom is 0.271 e.